The Hall–Kier alpha value is -2.21. The molecule has 0 N–H and O–H groups in total. The molecule has 0 aliphatic heterocycles. The van der Waals surface area contributed by atoms with Crippen LogP contribution in [-0.2, 0) is 0 Å². The molecule has 3 aromatic rings. The summed E-state index contributed by atoms with van der Waals surface area (Å²) >= 11 is 6.10. The third kappa shape index (κ3) is 1.94. The number of nitrogens with zero attached hydrogens (tertiary/aromatic N) is 3. The van der Waals surface area contributed by atoms with Gasteiger partial charge in [0.05, 0.1) is 16.6 Å². The number of rotatable bonds is 2. The lowest BCUT2D eigenvalue weighted by Gasteiger charge is -2.11. The molecular formula is C15H10ClF2N3O. The molecule has 0 amide bonds. The Labute approximate surface area is 128 Å². The Kier molecular flexibility index (Phi) is 2.84. The van der Waals surface area contributed by atoms with Crippen LogP contribution in [-0.4, -0.2) is 14.3 Å². The summed E-state index contributed by atoms with van der Waals surface area (Å²) in [5, 5.41) is 4.97. The molecule has 0 radical (unpaired) electrons. The summed E-state index contributed by atoms with van der Waals surface area (Å²) in [6.07, 6.45) is 3.25. The number of pyridine rings is 1. The zero-order valence-corrected chi connectivity index (χ0v) is 12.0. The lowest BCUT2D eigenvalue weighted by Crippen LogP contribution is -2.20. The van der Waals surface area contributed by atoms with Crippen LogP contribution in [0.3, 0.4) is 0 Å². The van der Waals surface area contributed by atoms with E-state index in [4.69, 9.17) is 11.6 Å². The quantitative estimate of drug-likeness (QED) is 0.725. The summed E-state index contributed by atoms with van der Waals surface area (Å²) in [7, 11) is 0. The molecule has 4 nitrogen and oxygen atoms in total. The zero-order chi connectivity index (χ0) is 15.4. The van der Waals surface area contributed by atoms with Gasteiger partial charge in [-0.05, 0) is 25.0 Å². The maximum absolute atomic E-state index is 14.1. The molecule has 0 spiro atoms. The second kappa shape index (κ2) is 4.64. The average molecular weight is 322 g/mol. The molecule has 4 rings (SSSR count). The van der Waals surface area contributed by atoms with Gasteiger partial charge in [0.1, 0.15) is 17.2 Å². The van der Waals surface area contributed by atoms with E-state index in [1.54, 1.807) is 4.57 Å². The molecule has 1 fully saturated rings. The molecule has 1 aliphatic rings. The van der Waals surface area contributed by atoms with Crippen molar-refractivity contribution in [1.82, 2.24) is 14.3 Å². The minimum atomic E-state index is -0.750. The third-order valence-corrected chi connectivity index (χ3v) is 4.08. The van der Waals surface area contributed by atoms with Gasteiger partial charge in [0, 0.05) is 18.2 Å². The first-order chi connectivity index (χ1) is 10.6. The lowest BCUT2D eigenvalue weighted by atomic mass is 10.3. The van der Waals surface area contributed by atoms with Gasteiger partial charge in [-0.25, -0.2) is 13.5 Å². The molecule has 0 bridgehead atoms. The van der Waals surface area contributed by atoms with Crippen molar-refractivity contribution in [3.05, 3.63) is 57.5 Å². The van der Waals surface area contributed by atoms with Crippen molar-refractivity contribution >= 4 is 22.6 Å². The third-order valence-electron chi connectivity index (χ3n) is 3.77. The predicted octanol–water partition coefficient (Wildman–Crippen LogP) is 3.45. The van der Waals surface area contributed by atoms with Crippen LogP contribution in [0.15, 0.2) is 35.3 Å². The maximum Gasteiger partial charge on any atom is 0.253 e. The van der Waals surface area contributed by atoms with Crippen LogP contribution >= 0.6 is 11.6 Å². The van der Waals surface area contributed by atoms with E-state index in [1.165, 1.54) is 23.0 Å². The Morgan fingerprint density at radius 3 is 2.68 bits per heavy atom. The summed E-state index contributed by atoms with van der Waals surface area (Å²) in [4.78, 5) is 12.2. The van der Waals surface area contributed by atoms with Gasteiger partial charge in [0.2, 0.25) is 0 Å². The highest BCUT2D eigenvalue weighted by Gasteiger charge is 2.29. The van der Waals surface area contributed by atoms with E-state index in [9.17, 15) is 13.6 Å². The minimum Gasteiger partial charge on any atom is -0.289 e. The van der Waals surface area contributed by atoms with Gasteiger partial charge in [-0.3, -0.25) is 9.36 Å². The molecule has 22 heavy (non-hydrogen) atoms. The van der Waals surface area contributed by atoms with Gasteiger partial charge in [-0.1, -0.05) is 11.6 Å². The van der Waals surface area contributed by atoms with Crippen LogP contribution in [0.1, 0.15) is 18.9 Å². The summed E-state index contributed by atoms with van der Waals surface area (Å²) in [6, 6.07) is 4.64. The van der Waals surface area contributed by atoms with Crippen LogP contribution in [0.2, 0.25) is 5.02 Å². The monoisotopic (exact) mass is 321 g/mol. The van der Waals surface area contributed by atoms with Crippen molar-refractivity contribution in [2.24, 2.45) is 0 Å². The molecular weight excluding hydrogens is 312 g/mol. The van der Waals surface area contributed by atoms with E-state index >= 15 is 0 Å². The van der Waals surface area contributed by atoms with Crippen molar-refractivity contribution in [1.29, 1.82) is 0 Å². The van der Waals surface area contributed by atoms with Crippen molar-refractivity contribution in [3.8, 4) is 5.69 Å². The number of hydrogen-bond acceptors (Lipinski definition) is 2. The van der Waals surface area contributed by atoms with E-state index in [0.29, 0.717) is 11.0 Å². The topological polar surface area (TPSA) is 39.8 Å². The summed E-state index contributed by atoms with van der Waals surface area (Å²) in [5.74, 6) is -1.42. The number of fused-ring (bicyclic) bond motifs is 1. The molecule has 1 aromatic carbocycles. The Morgan fingerprint density at radius 1 is 1.23 bits per heavy atom. The highest BCUT2D eigenvalue weighted by molar-refractivity contribution is 6.35. The number of halogens is 3. The number of benzene rings is 1. The average Bonchev–Trinajstić information content (AvgIpc) is 3.18. The summed E-state index contributed by atoms with van der Waals surface area (Å²) in [6.45, 7) is 0. The smallest absolute Gasteiger partial charge is 0.253 e. The Bertz CT molecular complexity index is 959. The number of hydrogen-bond donors (Lipinski definition) is 0. The predicted molar refractivity (Wildman–Crippen MR) is 78.5 cm³/mol. The molecule has 2 heterocycles. The van der Waals surface area contributed by atoms with E-state index in [-0.39, 0.29) is 22.3 Å². The van der Waals surface area contributed by atoms with Crippen molar-refractivity contribution in [3.63, 3.8) is 0 Å². The molecule has 0 atom stereocenters. The molecule has 112 valence electrons. The SMILES string of the molecule is O=c1cc(Cl)c2cnn(-c3ccc(F)cc3F)c2n1C1CC1. The van der Waals surface area contributed by atoms with E-state index < -0.39 is 11.6 Å². The van der Waals surface area contributed by atoms with Crippen LogP contribution in [0, 0.1) is 11.6 Å². The highest BCUT2D eigenvalue weighted by atomic mass is 35.5. The Morgan fingerprint density at radius 2 is 2.00 bits per heavy atom. The van der Waals surface area contributed by atoms with Crippen molar-refractivity contribution in [2.45, 2.75) is 18.9 Å². The molecule has 0 saturated heterocycles. The number of aromatic nitrogens is 3. The van der Waals surface area contributed by atoms with Gasteiger partial charge in [0.25, 0.3) is 5.56 Å². The largest absolute Gasteiger partial charge is 0.289 e. The van der Waals surface area contributed by atoms with E-state index in [0.717, 1.165) is 25.0 Å². The van der Waals surface area contributed by atoms with Crippen molar-refractivity contribution in [2.75, 3.05) is 0 Å². The molecule has 1 aliphatic carbocycles. The van der Waals surface area contributed by atoms with Gasteiger partial charge in [-0.15, -0.1) is 0 Å². The normalized spacial score (nSPS) is 14.7. The second-order valence-corrected chi connectivity index (χ2v) is 5.73. The highest BCUT2D eigenvalue weighted by Crippen LogP contribution is 2.37. The molecule has 1 saturated carbocycles. The zero-order valence-electron chi connectivity index (χ0n) is 11.3. The van der Waals surface area contributed by atoms with Crippen LogP contribution in [0.5, 0.6) is 0 Å². The fourth-order valence-corrected chi connectivity index (χ4v) is 2.84. The van der Waals surface area contributed by atoms with Crippen molar-refractivity contribution < 1.29 is 8.78 Å². The van der Waals surface area contributed by atoms with Gasteiger partial charge in [-0.2, -0.15) is 5.10 Å². The van der Waals surface area contributed by atoms with E-state index in [1.807, 2.05) is 0 Å². The first-order valence-electron chi connectivity index (χ1n) is 6.80. The first-order valence-corrected chi connectivity index (χ1v) is 7.18. The Balaban J connectivity index is 2.09. The fourth-order valence-electron chi connectivity index (χ4n) is 2.62. The van der Waals surface area contributed by atoms with Gasteiger partial charge in [0.15, 0.2) is 5.82 Å². The lowest BCUT2D eigenvalue weighted by molar-refractivity contribution is 0.573. The van der Waals surface area contributed by atoms with E-state index in [2.05, 4.69) is 5.10 Å². The second-order valence-electron chi connectivity index (χ2n) is 5.32. The van der Waals surface area contributed by atoms with Crippen LogP contribution in [0.4, 0.5) is 8.78 Å². The van der Waals surface area contributed by atoms with Gasteiger partial charge >= 0.3 is 0 Å². The summed E-state index contributed by atoms with van der Waals surface area (Å²) < 4.78 is 30.1. The first kappa shape index (κ1) is 13.5. The van der Waals surface area contributed by atoms with Gasteiger partial charge < -0.3 is 0 Å². The molecule has 0 unspecified atom stereocenters. The standard InChI is InChI=1S/C15H10ClF2N3O/c16-11-6-14(22)20(9-2-3-9)15-10(11)7-19-21(15)13-4-1-8(17)5-12(13)18/h1,4-7,9H,2-3H2. The maximum atomic E-state index is 14.1. The fraction of sp³-hybridized carbons (Fsp3) is 0.200. The molecule has 2 aromatic heterocycles. The molecule has 7 heteroatoms. The summed E-state index contributed by atoms with van der Waals surface area (Å²) in [5.41, 5.74) is 0.266. The minimum absolute atomic E-state index is 0.0752. The van der Waals surface area contributed by atoms with Crippen LogP contribution < -0.4 is 5.56 Å². The van der Waals surface area contributed by atoms with Crippen LogP contribution in [0.25, 0.3) is 16.7 Å².